The second kappa shape index (κ2) is 8.84. The minimum atomic E-state index is -0.582. The second-order valence-electron chi connectivity index (χ2n) is 6.14. The highest BCUT2D eigenvalue weighted by atomic mass is 79.9. The van der Waals surface area contributed by atoms with Crippen LogP contribution in [-0.4, -0.2) is 28.9 Å². The number of pyridine rings is 1. The number of carbonyl (C=O) groups is 2. The molecule has 28 heavy (non-hydrogen) atoms. The van der Waals surface area contributed by atoms with Crippen molar-refractivity contribution in [1.29, 1.82) is 0 Å². The van der Waals surface area contributed by atoms with E-state index < -0.39 is 5.97 Å². The number of esters is 1. The fourth-order valence-electron chi connectivity index (χ4n) is 2.84. The summed E-state index contributed by atoms with van der Waals surface area (Å²) in [4.78, 5) is 31.3. The molecule has 3 rings (SSSR count). The molecule has 0 N–H and O–H groups in total. The molecule has 0 fully saturated rings. The van der Waals surface area contributed by atoms with Gasteiger partial charge in [0.25, 0.3) is 5.91 Å². The van der Waals surface area contributed by atoms with Crippen molar-refractivity contribution in [1.82, 2.24) is 9.88 Å². The number of furan rings is 1. The fraction of sp³-hybridized carbons (Fsp3) is 0.190. The molecule has 1 atom stereocenters. The summed E-state index contributed by atoms with van der Waals surface area (Å²) in [7, 11) is 1.29. The van der Waals surface area contributed by atoms with E-state index in [4.69, 9.17) is 9.15 Å². The first kappa shape index (κ1) is 19.8. The summed E-state index contributed by atoms with van der Waals surface area (Å²) >= 11 is 3.38. The van der Waals surface area contributed by atoms with E-state index in [1.54, 1.807) is 29.3 Å². The standard InChI is InChI=1S/C21H19BrN2O4/c1-14(18-5-3-4-11-23-18)24(20(25)15-6-8-17(22)9-7-15)13-16-10-12-28-19(16)21(26)27-2/h3-12,14H,13H2,1-2H3/t14-/m0/s1. The van der Waals surface area contributed by atoms with Crippen LogP contribution in [0.5, 0.6) is 0 Å². The topological polar surface area (TPSA) is 72.6 Å². The number of hydrogen-bond acceptors (Lipinski definition) is 5. The van der Waals surface area contributed by atoms with E-state index in [-0.39, 0.29) is 24.3 Å². The van der Waals surface area contributed by atoms with Crippen LogP contribution in [0.15, 0.2) is 69.9 Å². The lowest BCUT2D eigenvalue weighted by molar-refractivity contribution is 0.0552. The number of nitrogens with zero attached hydrogens (tertiary/aromatic N) is 2. The van der Waals surface area contributed by atoms with Crippen LogP contribution >= 0.6 is 15.9 Å². The van der Waals surface area contributed by atoms with Crippen LogP contribution in [-0.2, 0) is 11.3 Å². The van der Waals surface area contributed by atoms with Gasteiger partial charge >= 0.3 is 5.97 Å². The van der Waals surface area contributed by atoms with Crippen LogP contribution in [0.3, 0.4) is 0 Å². The van der Waals surface area contributed by atoms with Gasteiger partial charge < -0.3 is 14.1 Å². The number of benzene rings is 1. The maximum atomic E-state index is 13.3. The van der Waals surface area contributed by atoms with E-state index in [1.165, 1.54) is 13.4 Å². The van der Waals surface area contributed by atoms with Crippen molar-refractivity contribution in [2.45, 2.75) is 19.5 Å². The van der Waals surface area contributed by atoms with Gasteiger partial charge in [-0.15, -0.1) is 0 Å². The van der Waals surface area contributed by atoms with E-state index in [9.17, 15) is 9.59 Å². The van der Waals surface area contributed by atoms with Gasteiger partial charge in [0, 0.05) is 21.8 Å². The summed E-state index contributed by atoms with van der Waals surface area (Å²) in [6.45, 7) is 2.07. The second-order valence-corrected chi connectivity index (χ2v) is 7.05. The number of halogens is 1. The molecule has 6 nitrogen and oxygen atoms in total. The van der Waals surface area contributed by atoms with E-state index >= 15 is 0 Å². The maximum Gasteiger partial charge on any atom is 0.374 e. The SMILES string of the molecule is COC(=O)c1occc1CN(C(=O)c1ccc(Br)cc1)[C@@H](C)c1ccccn1. The predicted molar refractivity (Wildman–Crippen MR) is 107 cm³/mol. The lowest BCUT2D eigenvalue weighted by atomic mass is 10.1. The molecule has 3 aromatic rings. The van der Waals surface area contributed by atoms with E-state index in [0.29, 0.717) is 11.1 Å². The van der Waals surface area contributed by atoms with E-state index in [2.05, 4.69) is 20.9 Å². The zero-order valence-electron chi connectivity index (χ0n) is 15.5. The molecule has 0 radical (unpaired) electrons. The molecule has 0 aliphatic heterocycles. The van der Waals surface area contributed by atoms with Crippen LogP contribution in [0.4, 0.5) is 0 Å². The van der Waals surface area contributed by atoms with Gasteiger partial charge in [-0.2, -0.15) is 0 Å². The molecule has 0 bridgehead atoms. The van der Waals surface area contributed by atoms with E-state index in [1.807, 2.05) is 37.3 Å². The number of amides is 1. The Hall–Kier alpha value is -2.93. The molecular weight excluding hydrogens is 424 g/mol. The molecule has 1 amide bonds. The molecular formula is C21H19BrN2O4. The van der Waals surface area contributed by atoms with Crippen molar-refractivity contribution in [2.75, 3.05) is 7.11 Å². The van der Waals surface area contributed by atoms with Gasteiger partial charge in [-0.3, -0.25) is 9.78 Å². The van der Waals surface area contributed by atoms with Crippen LogP contribution in [0.25, 0.3) is 0 Å². The molecule has 0 saturated heterocycles. The summed E-state index contributed by atoms with van der Waals surface area (Å²) in [6.07, 6.45) is 3.10. The lowest BCUT2D eigenvalue weighted by Crippen LogP contribution is -2.34. The Kier molecular flexibility index (Phi) is 6.26. The minimum absolute atomic E-state index is 0.0873. The molecule has 1 aromatic carbocycles. The Morgan fingerprint density at radius 2 is 1.93 bits per heavy atom. The number of hydrogen-bond donors (Lipinski definition) is 0. The third-order valence-electron chi connectivity index (χ3n) is 4.39. The van der Waals surface area contributed by atoms with Crippen LogP contribution < -0.4 is 0 Å². The van der Waals surface area contributed by atoms with Gasteiger partial charge in [0.05, 0.1) is 31.7 Å². The van der Waals surface area contributed by atoms with E-state index in [0.717, 1.165) is 10.2 Å². The molecule has 2 aromatic heterocycles. The Bertz CT molecular complexity index is 954. The summed E-state index contributed by atoms with van der Waals surface area (Å²) in [6, 6.07) is 14.0. The average molecular weight is 443 g/mol. The first-order valence-corrected chi connectivity index (χ1v) is 9.42. The first-order chi connectivity index (χ1) is 13.5. The van der Waals surface area contributed by atoms with Crippen LogP contribution in [0, 0.1) is 0 Å². The zero-order valence-corrected chi connectivity index (χ0v) is 17.0. The molecule has 0 spiro atoms. The van der Waals surface area contributed by atoms with Crippen molar-refractivity contribution in [3.63, 3.8) is 0 Å². The fourth-order valence-corrected chi connectivity index (χ4v) is 3.11. The normalized spacial score (nSPS) is 11.7. The quantitative estimate of drug-likeness (QED) is 0.520. The molecule has 7 heteroatoms. The Morgan fingerprint density at radius 1 is 1.18 bits per heavy atom. The predicted octanol–water partition coefficient (Wildman–Crippen LogP) is 4.63. The Morgan fingerprint density at radius 3 is 2.57 bits per heavy atom. The monoisotopic (exact) mass is 442 g/mol. The molecule has 144 valence electrons. The molecule has 0 unspecified atom stereocenters. The summed E-state index contributed by atoms with van der Waals surface area (Å²) < 4.78 is 10.9. The molecule has 2 heterocycles. The highest BCUT2D eigenvalue weighted by Crippen LogP contribution is 2.25. The summed E-state index contributed by atoms with van der Waals surface area (Å²) in [5, 5.41) is 0. The number of carbonyl (C=O) groups excluding carboxylic acids is 2. The number of aromatic nitrogens is 1. The third-order valence-corrected chi connectivity index (χ3v) is 4.92. The minimum Gasteiger partial charge on any atom is -0.463 e. The highest BCUT2D eigenvalue weighted by Gasteiger charge is 2.27. The van der Waals surface area contributed by atoms with Crippen molar-refractivity contribution in [3.05, 3.63) is 88.0 Å². The largest absolute Gasteiger partial charge is 0.463 e. The number of ether oxygens (including phenoxy) is 1. The lowest BCUT2D eigenvalue weighted by Gasteiger charge is -2.29. The van der Waals surface area contributed by atoms with Gasteiger partial charge in [0.1, 0.15) is 0 Å². The molecule has 0 saturated carbocycles. The van der Waals surface area contributed by atoms with Crippen LogP contribution in [0.1, 0.15) is 45.1 Å². The van der Waals surface area contributed by atoms with Gasteiger partial charge in [-0.05, 0) is 49.4 Å². The smallest absolute Gasteiger partial charge is 0.374 e. The molecule has 0 aliphatic carbocycles. The van der Waals surface area contributed by atoms with Crippen molar-refractivity contribution >= 4 is 27.8 Å². The average Bonchev–Trinajstić information content (AvgIpc) is 3.20. The van der Waals surface area contributed by atoms with Crippen molar-refractivity contribution in [2.24, 2.45) is 0 Å². The first-order valence-electron chi connectivity index (χ1n) is 8.63. The van der Waals surface area contributed by atoms with Gasteiger partial charge in [0.2, 0.25) is 5.76 Å². The maximum absolute atomic E-state index is 13.3. The summed E-state index contributed by atoms with van der Waals surface area (Å²) in [5.41, 5.74) is 1.85. The number of methoxy groups -OCH3 is 1. The Labute approximate surface area is 171 Å². The highest BCUT2D eigenvalue weighted by molar-refractivity contribution is 9.10. The molecule has 0 aliphatic rings. The van der Waals surface area contributed by atoms with Gasteiger partial charge in [-0.25, -0.2) is 4.79 Å². The van der Waals surface area contributed by atoms with Crippen molar-refractivity contribution in [3.8, 4) is 0 Å². The zero-order chi connectivity index (χ0) is 20.1. The Balaban J connectivity index is 1.97. The third kappa shape index (κ3) is 4.31. The number of rotatable bonds is 6. The van der Waals surface area contributed by atoms with Crippen LogP contribution in [0.2, 0.25) is 0 Å². The van der Waals surface area contributed by atoms with Gasteiger partial charge in [-0.1, -0.05) is 22.0 Å². The van der Waals surface area contributed by atoms with Crippen molar-refractivity contribution < 1.29 is 18.7 Å². The summed E-state index contributed by atoms with van der Waals surface area (Å²) in [5.74, 6) is -0.673. The van der Waals surface area contributed by atoms with Gasteiger partial charge in [0.15, 0.2) is 0 Å².